The Morgan fingerprint density at radius 1 is 1.52 bits per heavy atom. The van der Waals surface area contributed by atoms with Crippen molar-refractivity contribution < 1.29 is 14.6 Å². The normalized spacial score (nSPS) is 17.5. The van der Waals surface area contributed by atoms with Crippen molar-refractivity contribution in [1.29, 1.82) is 0 Å². The third-order valence-electron chi connectivity index (χ3n) is 4.86. The van der Waals surface area contributed by atoms with E-state index in [0.717, 1.165) is 24.3 Å². The van der Waals surface area contributed by atoms with E-state index in [2.05, 4.69) is 9.88 Å². The highest BCUT2D eigenvalue weighted by atomic mass is 32.1. The first-order chi connectivity index (χ1) is 12.1. The van der Waals surface area contributed by atoms with E-state index in [9.17, 15) is 9.90 Å². The topological polar surface area (TPSA) is 70.3 Å². The Labute approximate surface area is 151 Å². The molecule has 1 unspecified atom stereocenters. The number of aliphatic hydroxyl groups is 1. The number of methoxy groups -OCH3 is 1. The van der Waals surface area contributed by atoms with Gasteiger partial charge in [-0.1, -0.05) is 0 Å². The van der Waals surface area contributed by atoms with Gasteiger partial charge in [0, 0.05) is 51.1 Å². The Morgan fingerprint density at radius 2 is 2.28 bits per heavy atom. The van der Waals surface area contributed by atoms with Crippen molar-refractivity contribution in [2.75, 3.05) is 46.9 Å². The average Bonchev–Trinajstić information content (AvgIpc) is 3.21. The first-order valence-electron chi connectivity index (χ1n) is 8.65. The Hall–Kier alpha value is -1.48. The summed E-state index contributed by atoms with van der Waals surface area (Å²) in [5.41, 5.74) is 0.505. The smallest absolute Gasteiger partial charge is 0.274 e. The maximum absolute atomic E-state index is 12.6. The van der Waals surface area contributed by atoms with Crippen LogP contribution in [0.15, 0.2) is 17.8 Å². The van der Waals surface area contributed by atoms with Crippen LogP contribution in [-0.2, 0) is 4.74 Å². The Kier molecular flexibility index (Phi) is 6.06. The molecule has 138 valence electrons. The van der Waals surface area contributed by atoms with Crippen LogP contribution >= 0.6 is 11.3 Å². The molecule has 7 nitrogen and oxygen atoms in total. The number of nitrogens with zero attached hydrogens (tertiary/aromatic N) is 4. The largest absolute Gasteiger partial charge is 0.392 e. The minimum absolute atomic E-state index is 0.0129. The third kappa shape index (κ3) is 4.38. The molecule has 0 radical (unpaired) electrons. The summed E-state index contributed by atoms with van der Waals surface area (Å²) in [7, 11) is 3.67. The van der Waals surface area contributed by atoms with Crippen molar-refractivity contribution >= 4 is 22.2 Å². The van der Waals surface area contributed by atoms with Crippen molar-refractivity contribution in [2.24, 2.45) is 5.92 Å². The van der Waals surface area contributed by atoms with Crippen LogP contribution in [0.3, 0.4) is 0 Å². The fraction of sp³-hybridized carbons (Fsp3) is 0.647. The average molecular weight is 366 g/mol. The summed E-state index contributed by atoms with van der Waals surface area (Å²) >= 11 is 1.52. The zero-order chi connectivity index (χ0) is 17.8. The molecule has 1 atom stereocenters. The zero-order valence-electron chi connectivity index (χ0n) is 14.8. The number of carbonyl (C=O) groups is 1. The molecule has 1 aliphatic rings. The van der Waals surface area contributed by atoms with Crippen LogP contribution in [0.5, 0.6) is 0 Å². The number of piperidine rings is 1. The second kappa shape index (κ2) is 8.27. The van der Waals surface area contributed by atoms with Gasteiger partial charge in [0.2, 0.25) is 0 Å². The molecule has 3 heterocycles. The monoisotopic (exact) mass is 366 g/mol. The molecule has 1 amide bonds. The minimum atomic E-state index is -0.364. The number of hydrogen-bond donors (Lipinski definition) is 1. The van der Waals surface area contributed by atoms with Gasteiger partial charge in [-0.15, -0.1) is 11.3 Å². The molecule has 0 saturated carbocycles. The van der Waals surface area contributed by atoms with Crippen molar-refractivity contribution in [3.05, 3.63) is 23.5 Å². The molecule has 2 aromatic heterocycles. The highest BCUT2D eigenvalue weighted by molar-refractivity contribution is 7.15. The van der Waals surface area contributed by atoms with Gasteiger partial charge in [0.25, 0.3) is 5.91 Å². The molecule has 3 rings (SSSR count). The van der Waals surface area contributed by atoms with E-state index in [1.54, 1.807) is 13.3 Å². The van der Waals surface area contributed by atoms with Gasteiger partial charge < -0.3 is 19.6 Å². The number of aliphatic hydroxyl groups excluding tert-OH is 1. The van der Waals surface area contributed by atoms with Gasteiger partial charge in [0.05, 0.1) is 12.7 Å². The Morgan fingerprint density at radius 3 is 2.96 bits per heavy atom. The fourth-order valence-electron chi connectivity index (χ4n) is 3.29. The van der Waals surface area contributed by atoms with Crippen LogP contribution in [0, 0.1) is 5.92 Å². The third-order valence-corrected chi connectivity index (χ3v) is 5.63. The number of likely N-dealkylation sites (N-methyl/N-ethyl adjacent to an activating group) is 1. The van der Waals surface area contributed by atoms with Gasteiger partial charge >= 0.3 is 0 Å². The van der Waals surface area contributed by atoms with Crippen LogP contribution in [-0.4, -0.2) is 83.2 Å². The SMILES string of the molecule is COCCN(C)CC(O)C1CCN(C(=O)c2cn3ccsc3n2)CC1. The van der Waals surface area contributed by atoms with Gasteiger partial charge in [-0.05, 0) is 25.8 Å². The molecule has 1 fully saturated rings. The van der Waals surface area contributed by atoms with E-state index in [1.165, 1.54) is 11.3 Å². The summed E-state index contributed by atoms with van der Waals surface area (Å²) in [5.74, 6) is 0.223. The summed E-state index contributed by atoms with van der Waals surface area (Å²) in [6.45, 7) is 3.46. The highest BCUT2D eigenvalue weighted by Crippen LogP contribution is 2.23. The van der Waals surface area contributed by atoms with E-state index < -0.39 is 0 Å². The summed E-state index contributed by atoms with van der Waals surface area (Å²) in [5, 5.41) is 12.4. The lowest BCUT2D eigenvalue weighted by Gasteiger charge is -2.35. The standard InChI is InChI=1S/C17H26N4O3S/c1-19(7-9-24-2)12-15(22)13-3-5-20(6-4-13)16(23)14-11-21-8-10-25-17(21)18-14/h8,10-11,13,15,22H,3-7,9,12H2,1-2H3. The molecule has 0 aromatic carbocycles. The summed E-state index contributed by atoms with van der Waals surface area (Å²) in [6, 6.07) is 0. The lowest BCUT2D eigenvalue weighted by atomic mass is 9.91. The molecule has 0 aliphatic carbocycles. The number of rotatable bonds is 7. The second-order valence-corrected chi connectivity index (χ2v) is 7.54. The summed E-state index contributed by atoms with van der Waals surface area (Å²) < 4.78 is 6.94. The number of thiazole rings is 1. The van der Waals surface area contributed by atoms with E-state index >= 15 is 0 Å². The second-order valence-electron chi connectivity index (χ2n) is 6.67. The predicted octanol–water partition coefficient (Wildman–Crippen LogP) is 1.19. The van der Waals surface area contributed by atoms with Crippen LogP contribution in [0.1, 0.15) is 23.3 Å². The fourth-order valence-corrected chi connectivity index (χ4v) is 3.99. The molecular weight excluding hydrogens is 340 g/mol. The number of likely N-dealkylation sites (tertiary alicyclic amines) is 1. The Balaban J connectivity index is 1.49. The molecule has 1 saturated heterocycles. The first-order valence-corrected chi connectivity index (χ1v) is 9.53. The van der Waals surface area contributed by atoms with E-state index in [0.29, 0.717) is 31.9 Å². The van der Waals surface area contributed by atoms with Gasteiger partial charge in [-0.3, -0.25) is 9.20 Å². The molecule has 0 spiro atoms. The minimum Gasteiger partial charge on any atom is -0.392 e. The summed E-state index contributed by atoms with van der Waals surface area (Å²) in [4.78, 5) is 21.8. The Bertz CT molecular complexity index is 664. The molecular formula is C17H26N4O3S. The van der Waals surface area contributed by atoms with Crippen molar-refractivity contribution in [3.63, 3.8) is 0 Å². The molecule has 2 aromatic rings. The quantitative estimate of drug-likeness (QED) is 0.797. The van der Waals surface area contributed by atoms with Crippen molar-refractivity contribution in [1.82, 2.24) is 19.2 Å². The zero-order valence-corrected chi connectivity index (χ0v) is 15.6. The highest BCUT2D eigenvalue weighted by Gasteiger charge is 2.29. The molecule has 0 bridgehead atoms. The lowest BCUT2D eigenvalue weighted by molar-refractivity contribution is 0.0290. The van der Waals surface area contributed by atoms with Crippen molar-refractivity contribution in [2.45, 2.75) is 18.9 Å². The number of amides is 1. The number of imidazole rings is 1. The number of aromatic nitrogens is 2. The van der Waals surface area contributed by atoms with Gasteiger partial charge in [-0.2, -0.15) is 0 Å². The van der Waals surface area contributed by atoms with Gasteiger partial charge in [0.15, 0.2) is 4.96 Å². The van der Waals surface area contributed by atoms with Crippen LogP contribution in [0.25, 0.3) is 4.96 Å². The predicted molar refractivity (Wildman–Crippen MR) is 97.1 cm³/mol. The maximum atomic E-state index is 12.6. The van der Waals surface area contributed by atoms with Crippen LogP contribution < -0.4 is 0 Å². The number of carbonyl (C=O) groups excluding carboxylic acids is 1. The molecule has 8 heteroatoms. The lowest BCUT2D eigenvalue weighted by Crippen LogP contribution is -2.44. The van der Waals surface area contributed by atoms with E-state index in [4.69, 9.17) is 4.74 Å². The maximum Gasteiger partial charge on any atom is 0.274 e. The molecule has 1 N–H and O–H groups in total. The number of hydrogen-bond acceptors (Lipinski definition) is 6. The van der Waals surface area contributed by atoms with Gasteiger partial charge in [-0.25, -0.2) is 4.98 Å². The number of fused-ring (bicyclic) bond motifs is 1. The van der Waals surface area contributed by atoms with Crippen LogP contribution in [0.2, 0.25) is 0 Å². The summed E-state index contributed by atoms with van der Waals surface area (Å²) in [6.07, 6.45) is 4.99. The van der Waals surface area contributed by atoms with Crippen LogP contribution in [0.4, 0.5) is 0 Å². The van der Waals surface area contributed by atoms with Crippen molar-refractivity contribution in [3.8, 4) is 0 Å². The molecule has 1 aliphatic heterocycles. The first kappa shape index (κ1) is 18.3. The van der Waals surface area contributed by atoms with E-state index in [1.807, 2.05) is 27.9 Å². The molecule has 25 heavy (non-hydrogen) atoms. The van der Waals surface area contributed by atoms with Gasteiger partial charge in [0.1, 0.15) is 5.69 Å². The van der Waals surface area contributed by atoms with E-state index in [-0.39, 0.29) is 17.9 Å². The number of ether oxygens (including phenoxy) is 1.